The zero-order valence-corrected chi connectivity index (χ0v) is 35.6. The highest BCUT2D eigenvalue weighted by Crippen LogP contribution is 2.57. The van der Waals surface area contributed by atoms with Gasteiger partial charge < -0.3 is 9.47 Å². The predicted molar refractivity (Wildman–Crippen MR) is 277 cm³/mol. The first-order chi connectivity index (χ1) is 35.5. The van der Waals surface area contributed by atoms with Crippen LogP contribution in [0.1, 0.15) is 56.3 Å². The van der Waals surface area contributed by atoms with Gasteiger partial charge in [-0.25, -0.2) is 0 Å². The molecule has 11 rings (SSSR count). The van der Waals surface area contributed by atoms with Crippen molar-refractivity contribution in [2.24, 2.45) is 0 Å². The molecule has 1 aromatic heterocycles. The highest BCUT2D eigenvalue weighted by atomic mass is 15.2. The van der Waals surface area contributed by atoms with Crippen LogP contribution in [0.5, 0.6) is 0 Å². The van der Waals surface area contributed by atoms with Crippen molar-refractivity contribution in [2.45, 2.75) is 17.9 Å². The van der Waals surface area contributed by atoms with Crippen LogP contribution >= 0.6 is 0 Å². The average Bonchev–Trinajstić information content (AvgIpc) is 3.92. The Balaban J connectivity index is 1.18. The van der Waals surface area contributed by atoms with Gasteiger partial charge in [0.1, 0.15) is 0 Å². The number of para-hydroxylation sites is 2. The second-order valence-corrected chi connectivity index (χ2v) is 16.1. The molecule has 1 heterocycles. The molecule has 0 saturated carbocycles. The molecule has 2 aliphatic rings. The number of hydrogen-bond acceptors (Lipinski definition) is 1. The van der Waals surface area contributed by atoms with Crippen molar-refractivity contribution in [3.05, 3.63) is 289 Å². The lowest BCUT2D eigenvalue weighted by Gasteiger charge is -2.36. The fourth-order valence-corrected chi connectivity index (χ4v) is 9.76. The highest BCUT2D eigenvalue weighted by molar-refractivity contribution is 6.09. The zero-order chi connectivity index (χ0) is 50.7. The minimum absolute atomic E-state index is 0.0533. The Morgan fingerprint density at radius 3 is 1.86 bits per heavy atom. The van der Waals surface area contributed by atoms with E-state index in [0.29, 0.717) is 22.3 Å². The van der Waals surface area contributed by atoms with Crippen LogP contribution in [-0.2, 0) is 5.41 Å². The van der Waals surface area contributed by atoms with E-state index in [0.717, 1.165) is 55.3 Å². The van der Waals surface area contributed by atoms with E-state index in [2.05, 4.69) is 49.6 Å². The topological polar surface area (TPSA) is 8.17 Å². The fourth-order valence-electron chi connectivity index (χ4n) is 9.76. The largest absolute Gasteiger partial charge is 0.334 e. The van der Waals surface area contributed by atoms with Gasteiger partial charge in [-0.2, -0.15) is 0 Å². The molecule has 2 heteroatoms. The maximum absolute atomic E-state index is 10.1. The summed E-state index contributed by atoms with van der Waals surface area (Å²) < 4.78 is 81.2. The zero-order valence-electron chi connectivity index (χ0n) is 43.6. The third-order valence-electron chi connectivity index (χ3n) is 12.6. The standard InChI is InChI=1S/C63H48N2/c1-3-5-19-45-31-32-48(43-47(45)20-6-4-2)46-33-35-51(36-34-46)64(52-37-39-53(40-38-52)65-61-29-17-14-26-57(61)58-27-15-18-30-62(58)65)54-41-42-56-55-25-13-16-28-59(55)63(60(56)44-54,49-21-9-7-10-22-49)50-23-11-8-12-24-50/h3-35,37-44,51H,1-2,36H2/b19-5-,20-6-/i33D,34D,35D,36D,37D,38D,39D,40D. The summed E-state index contributed by atoms with van der Waals surface area (Å²) >= 11 is 0. The van der Waals surface area contributed by atoms with E-state index in [1.807, 2.05) is 146 Å². The quantitative estimate of drug-likeness (QED) is 0.118. The first-order valence-electron chi connectivity index (χ1n) is 25.9. The molecule has 2 unspecified atom stereocenters. The van der Waals surface area contributed by atoms with Crippen LogP contribution in [0.2, 0.25) is 0 Å². The molecule has 9 aromatic rings. The Bertz CT molecular complexity index is 3720. The number of aromatic nitrogens is 1. The molecule has 0 N–H and O–H groups in total. The summed E-state index contributed by atoms with van der Waals surface area (Å²) in [5.74, 6) is 0. The molecule has 310 valence electrons. The van der Waals surface area contributed by atoms with Gasteiger partial charge in [0.2, 0.25) is 0 Å². The van der Waals surface area contributed by atoms with Gasteiger partial charge in [-0.3, -0.25) is 0 Å². The van der Waals surface area contributed by atoms with Crippen molar-refractivity contribution in [1.29, 1.82) is 0 Å². The molecule has 0 radical (unpaired) electrons. The third kappa shape index (κ3) is 6.74. The van der Waals surface area contributed by atoms with Crippen molar-refractivity contribution in [1.82, 2.24) is 4.57 Å². The highest BCUT2D eigenvalue weighted by Gasteiger charge is 2.46. The number of allylic oxidation sites excluding steroid dienone is 6. The monoisotopic (exact) mass is 840 g/mol. The molecule has 0 fully saturated rings. The summed E-state index contributed by atoms with van der Waals surface area (Å²) in [4.78, 5) is 1.53. The van der Waals surface area contributed by atoms with Crippen LogP contribution in [-0.4, -0.2) is 10.6 Å². The molecule has 0 saturated heterocycles. The van der Waals surface area contributed by atoms with Crippen LogP contribution in [0, 0.1) is 0 Å². The third-order valence-corrected chi connectivity index (χ3v) is 12.6. The summed E-state index contributed by atoms with van der Waals surface area (Å²) in [5, 5.41) is 1.78. The molecule has 0 amide bonds. The van der Waals surface area contributed by atoms with Gasteiger partial charge in [-0.15, -0.1) is 0 Å². The van der Waals surface area contributed by atoms with Gasteiger partial charge in [0, 0.05) is 29.2 Å². The van der Waals surface area contributed by atoms with Crippen molar-refractivity contribution in [3.63, 3.8) is 0 Å². The normalized spacial score (nSPS) is 18.3. The van der Waals surface area contributed by atoms with Gasteiger partial charge >= 0.3 is 0 Å². The van der Waals surface area contributed by atoms with E-state index >= 15 is 0 Å². The van der Waals surface area contributed by atoms with Crippen molar-refractivity contribution < 1.29 is 11.0 Å². The smallest absolute Gasteiger partial charge is 0.0714 e. The van der Waals surface area contributed by atoms with E-state index in [4.69, 9.17) is 0 Å². The van der Waals surface area contributed by atoms with Crippen LogP contribution in [0.4, 0.5) is 11.4 Å². The van der Waals surface area contributed by atoms with E-state index < -0.39 is 29.9 Å². The fraction of sp³-hybridized carbons (Fsp3) is 0.0476. The molecular weight excluding hydrogens is 785 g/mol. The number of hydrogen-bond donors (Lipinski definition) is 0. The summed E-state index contributed by atoms with van der Waals surface area (Å²) in [6.07, 6.45) is 9.16. The Morgan fingerprint density at radius 2 is 1.18 bits per heavy atom. The molecule has 8 aromatic carbocycles. The van der Waals surface area contributed by atoms with Crippen LogP contribution < -0.4 is 4.90 Å². The van der Waals surface area contributed by atoms with Gasteiger partial charge in [0.15, 0.2) is 0 Å². The van der Waals surface area contributed by atoms with Gasteiger partial charge in [-0.1, -0.05) is 207 Å². The predicted octanol–water partition coefficient (Wildman–Crippen LogP) is 16.1. The van der Waals surface area contributed by atoms with E-state index in [9.17, 15) is 11.0 Å². The number of nitrogens with zero attached hydrogens (tertiary/aromatic N) is 2. The van der Waals surface area contributed by atoms with Crippen molar-refractivity contribution in [3.8, 4) is 16.8 Å². The first-order valence-corrected chi connectivity index (χ1v) is 21.8. The van der Waals surface area contributed by atoms with Crippen molar-refractivity contribution >= 4 is 50.9 Å². The lowest BCUT2D eigenvalue weighted by Crippen LogP contribution is -2.31. The van der Waals surface area contributed by atoms with E-state index in [-0.39, 0.29) is 47.2 Å². The molecule has 0 bridgehead atoms. The minimum atomic E-state index is -1.54. The van der Waals surface area contributed by atoms with Crippen molar-refractivity contribution in [2.75, 3.05) is 4.90 Å². The summed E-state index contributed by atoms with van der Waals surface area (Å²) in [5.41, 5.74) is 8.89. The minimum Gasteiger partial charge on any atom is -0.334 e. The molecule has 0 spiro atoms. The van der Waals surface area contributed by atoms with Crippen LogP contribution in [0.3, 0.4) is 0 Å². The average molecular weight is 841 g/mol. The van der Waals surface area contributed by atoms with Crippen LogP contribution in [0.15, 0.2) is 250 Å². The molecule has 2 nitrogen and oxygen atoms in total. The maximum Gasteiger partial charge on any atom is 0.0714 e. The van der Waals surface area contributed by atoms with E-state index in [1.54, 1.807) is 28.9 Å². The van der Waals surface area contributed by atoms with E-state index in [1.165, 1.54) is 4.90 Å². The first kappa shape index (κ1) is 31.6. The molecular formula is C63H48N2. The number of anilines is 2. The molecule has 65 heavy (non-hydrogen) atoms. The Morgan fingerprint density at radius 1 is 0.585 bits per heavy atom. The van der Waals surface area contributed by atoms with Gasteiger partial charge in [0.25, 0.3) is 0 Å². The van der Waals surface area contributed by atoms with Crippen LogP contribution in [0.25, 0.3) is 56.3 Å². The molecule has 2 aliphatic carbocycles. The summed E-state index contributed by atoms with van der Waals surface area (Å²) in [6.45, 7) is 7.63. The lowest BCUT2D eigenvalue weighted by molar-refractivity contribution is 0.761. The molecule has 0 aliphatic heterocycles. The maximum atomic E-state index is 10.1. The Kier molecular flexibility index (Phi) is 8.18. The van der Waals surface area contributed by atoms with Gasteiger partial charge in [-0.05, 0) is 117 Å². The SMILES string of the molecule is [2H]C1=C([2H])C(N(c2ccc3c(c2)C(c2ccccc2)(c2ccccc2)c2ccccc2-3)c2c([2H])c([2H])c(-n3c4ccccc4c4ccccc43)c([2H])c2[2H])C([2H])C([2H])=C1c1ccc(/C=C\C=C)c(/C=C\C=C)c1. The number of benzene rings is 8. The second kappa shape index (κ2) is 16.8. The Labute approximate surface area is 393 Å². The van der Waals surface area contributed by atoms with Gasteiger partial charge in [0.05, 0.1) is 32.1 Å². The Hall–Kier alpha value is -8.20. The lowest BCUT2D eigenvalue weighted by atomic mass is 9.67. The number of rotatable bonds is 11. The number of fused-ring (bicyclic) bond motifs is 6. The summed E-state index contributed by atoms with van der Waals surface area (Å²) in [6, 6.07) is 51.7. The second-order valence-electron chi connectivity index (χ2n) is 16.1. The molecule has 2 atom stereocenters. The summed E-state index contributed by atoms with van der Waals surface area (Å²) in [7, 11) is 0.